The summed E-state index contributed by atoms with van der Waals surface area (Å²) >= 11 is 0. The third-order valence-corrected chi connectivity index (χ3v) is 3.05. The third kappa shape index (κ3) is 4.60. The second kappa shape index (κ2) is 7.49. The van der Waals surface area contributed by atoms with Crippen molar-refractivity contribution in [3.63, 3.8) is 0 Å². The number of hydrogen-bond donors (Lipinski definition) is 2. The fourth-order valence-electron chi connectivity index (χ4n) is 1.84. The minimum absolute atomic E-state index is 0.0834. The number of amides is 2. The van der Waals surface area contributed by atoms with Crippen molar-refractivity contribution >= 4 is 17.5 Å². The van der Waals surface area contributed by atoms with Crippen LogP contribution >= 0.6 is 0 Å². The van der Waals surface area contributed by atoms with E-state index in [0.29, 0.717) is 12.5 Å². The molecule has 0 unspecified atom stereocenters. The Bertz CT molecular complexity index is 716. The SMILES string of the molecule is CC(C)CNC(=O)c1cc(C(=O)Nc2ccccc2F)ccn1. The molecule has 6 heteroatoms. The Labute approximate surface area is 133 Å². The Balaban J connectivity index is 2.11. The topological polar surface area (TPSA) is 71.1 Å². The standard InChI is InChI=1S/C17H18FN3O2/c1-11(2)10-20-17(23)15-9-12(7-8-19-15)16(22)21-14-6-4-3-5-13(14)18/h3-9,11H,10H2,1-2H3,(H,20,23)(H,21,22). The zero-order valence-corrected chi connectivity index (χ0v) is 13.0. The van der Waals surface area contributed by atoms with Gasteiger partial charge in [0.25, 0.3) is 11.8 Å². The van der Waals surface area contributed by atoms with E-state index in [1.807, 2.05) is 13.8 Å². The average Bonchev–Trinajstić information content (AvgIpc) is 2.54. The fraction of sp³-hybridized carbons (Fsp3) is 0.235. The summed E-state index contributed by atoms with van der Waals surface area (Å²) in [6.45, 7) is 4.48. The van der Waals surface area contributed by atoms with Crippen molar-refractivity contribution in [3.05, 3.63) is 59.7 Å². The number of anilines is 1. The molecule has 5 nitrogen and oxygen atoms in total. The van der Waals surface area contributed by atoms with Crippen LogP contribution < -0.4 is 10.6 Å². The predicted molar refractivity (Wildman–Crippen MR) is 85.8 cm³/mol. The monoisotopic (exact) mass is 315 g/mol. The summed E-state index contributed by atoms with van der Waals surface area (Å²) in [5.41, 5.74) is 0.463. The normalized spacial score (nSPS) is 10.4. The van der Waals surface area contributed by atoms with E-state index in [1.54, 1.807) is 6.07 Å². The van der Waals surface area contributed by atoms with Crippen LogP contribution in [0.5, 0.6) is 0 Å². The molecule has 2 amide bonds. The first-order valence-electron chi connectivity index (χ1n) is 7.27. The van der Waals surface area contributed by atoms with Gasteiger partial charge in [-0.25, -0.2) is 4.39 Å². The summed E-state index contributed by atoms with van der Waals surface area (Å²) < 4.78 is 13.6. The van der Waals surface area contributed by atoms with Gasteiger partial charge in [-0.15, -0.1) is 0 Å². The van der Waals surface area contributed by atoms with Gasteiger partial charge in [-0.3, -0.25) is 14.6 Å². The highest BCUT2D eigenvalue weighted by Crippen LogP contribution is 2.14. The van der Waals surface area contributed by atoms with Gasteiger partial charge in [0.1, 0.15) is 11.5 Å². The minimum Gasteiger partial charge on any atom is -0.350 e. The van der Waals surface area contributed by atoms with Gasteiger partial charge in [0, 0.05) is 18.3 Å². The van der Waals surface area contributed by atoms with E-state index in [9.17, 15) is 14.0 Å². The molecule has 0 aliphatic rings. The van der Waals surface area contributed by atoms with Crippen LogP contribution in [-0.2, 0) is 0 Å². The molecule has 1 aromatic heterocycles. The van der Waals surface area contributed by atoms with Crippen LogP contribution in [0.1, 0.15) is 34.7 Å². The molecule has 2 N–H and O–H groups in total. The Morgan fingerprint density at radius 3 is 2.61 bits per heavy atom. The molecule has 0 aliphatic heterocycles. The van der Waals surface area contributed by atoms with Crippen LogP contribution in [0.2, 0.25) is 0 Å². The highest BCUT2D eigenvalue weighted by molar-refractivity contribution is 6.05. The van der Waals surface area contributed by atoms with Gasteiger partial charge in [0.05, 0.1) is 5.69 Å². The number of carbonyl (C=O) groups excluding carboxylic acids is 2. The number of benzene rings is 1. The van der Waals surface area contributed by atoms with E-state index < -0.39 is 11.7 Å². The largest absolute Gasteiger partial charge is 0.350 e. The van der Waals surface area contributed by atoms with Crippen LogP contribution in [0, 0.1) is 11.7 Å². The number of para-hydroxylation sites is 1. The number of aromatic nitrogens is 1. The molecule has 1 aromatic carbocycles. The van der Waals surface area contributed by atoms with Crippen LogP contribution in [0.25, 0.3) is 0 Å². The van der Waals surface area contributed by atoms with Gasteiger partial charge >= 0.3 is 0 Å². The molecule has 2 rings (SSSR count). The molecule has 0 radical (unpaired) electrons. The second-order valence-corrected chi connectivity index (χ2v) is 5.47. The van der Waals surface area contributed by atoms with E-state index in [1.165, 1.54) is 36.5 Å². The molecule has 1 heterocycles. The lowest BCUT2D eigenvalue weighted by atomic mass is 10.2. The molecule has 0 spiro atoms. The number of rotatable bonds is 5. The van der Waals surface area contributed by atoms with Crippen LogP contribution in [0.4, 0.5) is 10.1 Å². The minimum atomic E-state index is -0.523. The molecule has 23 heavy (non-hydrogen) atoms. The third-order valence-electron chi connectivity index (χ3n) is 3.05. The predicted octanol–water partition coefficient (Wildman–Crippen LogP) is 2.86. The van der Waals surface area contributed by atoms with Crippen molar-refractivity contribution in [2.75, 3.05) is 11.9 Å². The van der Waals surface area contributed by atoms with Crippen molar-refractivity contribution in [2.24, 2.45) is 5.92 Å². The first-order chi connectivity index (χ1) is 11.0. The van der Waals surface area contributed by atoms with E-state index in [4.69, 9.17) is 0 Å². The maximum absolute atomic E-state index is 13.6. The summed E-state index contributed by atoms with van der Waals surface area (Å²) in [4.78, 5) is 28.1. The van der Waals surface area contributed by atoms with E-state index in [2.05, 4.69) is 15.6 Å². The van der Waals surface area contributed by atoms with Gasteiger partial charge in [-0.2, -0.15) is 0 Å². The average molecular weight is 315 g/mol. The quantitative estimate of drug-likeness (QED) is 0.891. The summed E-state index contributed by atoms with van der Waals surface area (Å²) in [7, 11) is 0. The zero-order valence-electron chi connectivity index (χ0n) is 13.0. The molecule has 0 atom stereocenters. The van der Waals surface area contributed by atoms with Gasteiger partial charge in [0.15, 0.2) is 0 Å². The maximum Gasteiger partial charge on any atom is 0.269 e. The molecule has 0 saturated heterocycles. The van der Waals surface area contributed by atoms with Crippen molar-refractivity contribution in [1.82, 2.24) is 10.3 Å². The molecule has 0 saturated carbocycles. The number of hydrogen-bond acceptors (Lipinski definition) is 3. The Kier molecular flexibility index (Phi) is 5.41. The molecule has 120 valence electrons. The molecular formula is C17H18FN3O2. The van der Waals surface area contributed by atoms with Crippen molar-refractivity contribution in [1.29, 1.82) is 0 Å². The Morgan fingerprint density at radius 1 is 1.17 bits per heavy atom. The van der Waals surface area contributed by atoms with Crippen LogP contribution in [0.15, 0.2) is 42.6 Å². The lowest BCUT2D eigenvalue weighted by Crippen LogP contribution is -2.28. The smallest absolute Gasteiger partial charge is 0.269 e. The van der Waals surface area contributed by atoms with Crippen LogP contribution in [-0.4, -0.2) is 23.3 Å². The van der Waals surface area contributed by atoms with Crippen molar-refractivity contribution in [3.8, 4) is 0 Å². The summed E-state index contributed by atoms with van der Waals surface area (Å²) in [5.74, 6) is -1.06. The Morgan fingerprint density at radius 2 is 1.91 bits per heavy atom. The molecule has 0 aliphatic carbocycles. The number of pyridine rings is 1. The fourth-order valence-corrected chi connectivity index (χ4v) is 1.84. The summed E-state index contributed by atoms with van der Waals surface area (Å²) in [6, 6.07) is 8.73. The van der Waals surface area contributed by atoms with Gasteiger partial charge in [0.2, 0.25) is 0 Å². The number of halogens is 1. The highest BCUT2D eigenvalue weighted by atomic mass is 19.1. The Hall–Kier alpha value is -2.76. The van der Waals surface area contributed by atoms with Gasteiger partial charge in [-0.05, 0) is 30.2 Å². The lowest BCUT2D eigenvalue weighted by Gasteiger charge is -2.09. The summed E-state index contributed by atoms with van der Waals surface area (Å²) in [6.07, 6.45) is 1.38. The van der Waals surface area contributed by atoms with Gasteiger partial charge in [-0.1, -0.05) is 26.0 Å². The van der Waals surface area contributed by atoms with E-state index >= 15 is 0 Å². The lowest BCUT2D eigenvalue weighted by molar-refractivity contribution is 0.0944. The molecule has 0 bridgehead atoms. The molecular weight excluding hydrogens is 297 g/mol. The number of nitrogens with zero attached hydrogens (tertiary/aromatic N) is 1. The number of carbonyl (C=O) groups is 2. The van der Waals surface area contributed by atoms with E-state index in [-0.39, 0.29) is 22.9 Å². The van der Waals surface area contributed by atoms with Gasteiger partial charge < -0.3 is 10.6 Å². The highest BCUT2D eigenvalue weighted by Gasteiger charge is 2.13. The maximum atomic E-state index is 13.6. The molecule has 0 fully saturated rings. The second-order valence-electron chi connectivity index (χ2n) is 5.47. The van der Waals surface area contributed by atoms with Crippen molar-refractivity contribution in [2.45, 2.75) is 13.8 Å². The van der Waals surface area contributed by atoms with Crippen LogP contribution in [0.3, 0.4) is 0 Å². The summed E-state index contributed by atoms with van der Waals surface area (Å²) in [5, 5.41) is 5.20. The number of nitrogens with one attached hydrogen (secondary N) is 2. The zero-order chi connectivity index (χ0) is 16.8. The first kappa shape index (κ1) is 16.6. The van der Waals surface area contributed by atoms with Crippen molar-refractivity contribution < 1.29 is 14.0 Å². The molecule has 2 aromatic rings. The van der Waals surface area contributed by atoms with E-state index in [0.717, 1.165) is 0 Å². The first-order valence-corrected chi connectivity index (χ1v) is 7.27.